The van der Waals surface area contributed by atoms with Crippen molar-refractivity contribution in [2.75, 3.05) is 0 Å². The summed E-state index contributed by atoms with van der Waals surface area (Å²) in [5.74, 6) is 0. The molecule has 1 aliphatic rings. The molecule has 0 nitrogen and oxygen atoms in total. The van der Waals surface area contributed by atoms with Crippen LogP contribution in [0.3, 0.4) is 0 Å². The first kappa shape index (κ1) is 8.10. The zero-order valence-corrected chi connectivity index (χ0v) is 7.45. The molecular weight excluding hydrogens is 120 g/mol. The summed E-state index contributed by atoms with van der Waals surface area (Å²) >= 11 is 0. The van der Waals surface area contributed by atoms with Crippen molar-refractivity contribution in [2.45, 2.75) is 58.8 Å². The minimum absolute atomic E-state index is 0.653. The van der Waals surface area contributed by atoms with Crippen molar-refractivity contribution >= 4 is 0 Å². The summed E-state index contributed by atoms with van der Waals surface area (Å²) in [5, 5.41) is 0. The molecule has 0 unspecified atom stereocenters. The predicted molar refractivity (Wildman–Crippen MR) is 46.1 cm³/mol. The maximum absolute atomic E-state index is 2.42. The van der Waals surface area contributed by atoms with Gasteiger partial charge < -0.3 is 0 Å². The van der Waals surface area contributed by atoms with Gasteiger partial charge in [-0.3, -0.25) is 0 Å². The zero-order chi connectivity index (χ0) is 7.45. The van der Waals surface area contributed by atoms with Crippen LogP contribution in [-0.2, 0) is 0 Å². The maximum Gasteiger partial charge on any atom is -0.0354 e. The van der Waals surface area contributed by atoms with Gasteiger partial charge in [-0.1, -0.05) is 46.0 Å². The van der Waals surface area contributed by atoms with Crippen LogP contribution in [0.25, 0.3) is 0 Å². The normalized spacial score (nSPS) is 27.0. The highest BCUT2D eigenvalue weighted by Crippen LogP contribution is 2.32. The molecule has 1 saturated carbocycles. The third-order valence-electron chi connectivity index (χ3n) is 2.71. The topological polar surface area (TPSA) is 0 Å². The number of hydrogen-bond donors (Lipinski definition) is 0. The van der Waals surface area contributed by atoms with Crippen LogP contribution >= 0.6 is 0 Å². The summed E-state index contributed by atoms with van der Waals surface area (Å²) in [6.07, 6.45) is 10.3. The second-order valence-electron chi connectivity index (χ2n) is 4.43. The van der Waals surface area contributed by atoms with Crippen molar-refractivity contribution in [3.63, 3.8) is 0 Å². The fourth-order valence-corrected chi connectivity index (χ4v) is 1.86. The molecule has 0 aromatic heterocycles. The molecule has 10 heavy (non-hydrogen) atoms. The van der Waals surface area contributed by atoms with Crippen LogP contribution in [0.4, 0.5) is 0 Å². The van der Waals surface area contributed by atoms with E-state index in [4.69, 9.17) is 0 Å². The first-order chi connectivity index (χ1) is 4.71. The van der Waals surface area contributed by atoms with Crippen molar-refractivity contribution in [1.29, 1.82) is 0 Å². The summed E-state index contributed by atoms with van der Waals surface area (Å²) < 4.78 is 0. The molecule has 0 heterocycles. The highest BCUT2D eigenvalue weighted by atomic mass is 14.2. The lowest BCUT2D eigenvalue weighted by Gasteiger charge is -2.26. The quantitative estimate of drug-likeness (QED) is 0.480. The van der Waals surface area contributed by atoms with Gasteiger partial charge in [0.05, 0.1) is 0 Å². The van der Waals surface area contributed by atoms with Gasteiger partial charge in [-0.05, 0) is 18.3 Å². The Bertz CT molecular complexity index is 82.2. The molecule has 0 amide bonds. The summed E-state index contributed by atoms with van der Waals surface area (Å²) in [4.78, 5) is 0. The van der Waals surface area contributed by atoms with Gasteiger partial charge in [-0.2, -0.15) is 0 Å². The molecule has 0 saturated heterocycles. The van der Waals surface area contributed by atoms with E-state index in [-0.39, 0.29) is 0 Å². The van der Waals surface area contributed by atoms with Gasteiger partial charge >= 0.3 is 0 Å². The van der Waals surface area contributed by atoms with Crippen LogP contribution < -0.4 is 0 Å². The molecular formula is C10H20. The van der Waals surface area contributed by atoms with Gasteiger partial charge in [-0.15, -0.1) is 0 Å². The second kappa shape index (κ2) is 3.41. The molecule has 0 bridgehead atoms. The molecule has 0 aliphatic heterocycles. The van der Waals surface area contributed by atoms with Crippen molar-refractivity contribution in [1.82, 2.24) is 0 Å². The van der Waals surface area contributed by atoms with E-state index in [1.54, 1.807) is 0 Å². The molecule has 0 heteroatoms. The van der Waals surface area contributed by atoms with E-state index in [0.29, 0.717) is 5.41 Å². The fraction of sp³-hybridized carbons (Fsp3) is 1.00. The van der Waals surface area contributed by atoms with Gasteiger partial charge in [0.1, 0.15) is 0 Å². The smallest absolute Gasteiger partial charge is 0.0354 e. The Labute approximate surface area is 65.0 Å². The Kier molecular flexibility index (Phi) is 2.76. The predicted octanol–water partition coefficient (Wildman–Crippen LogP) is 3.76. The van der Waals surface area contributed by atoms with Crippen LogP contribution in [0.15, 0.2) is 0 Å². The van der Waals surface area contributed by atoms with Crippen molar-refractivity contribution in [3.05, 3.63) is 0 Å². The highest BCUT2D eigenvalue weighted by molar-refractivity contribution is 4.70. The Balaban J connectivity index is 2.30. The third kappa shape index (κ3) is 2.72. The van der Waals surface area contributed by atoms with Gasteiger partial charge in [0, 0.05) is 0 Å². The summed E-state index contributed by atoms with van der Waals surface area (Å²) in [5.41, 5.74) is 0.653. The van der Waals surface area contributed by atoms with E-state index in [1.165, 1.54) is 44.9 Å². The summed E-state index contributed by atoms with van der Waals surface area (Å²) in [6, 6.07) is 0. The van der Waals surface area contributed by atoms with Gasteiger partial charge in [-0.25, -0.2) is 0 Å². The maximum atomic E-state index is 2.42. The highest BCUT2D eigenvalue weighted by Gasteiger charge is 2.17. The minimum Gasteiger partial charge on any atom is -0.0599 e. The van der Waals surface area contributed by atoms with Gasteiger partial charge in [0.25, 0.3) is 0 Å². The summed E-state index contributed by atoms with van der Waals surface area (Å²) in [6.45, 7) is 4.83. The zero-order valence-electron chi connectivity index (χ0n) is 7.45. The van der Waals surface area contributed by atoms with Crippen molar-refractivity contribution in [2.24, 2.45) is 5.41 Å². The summed E-state index contributed by atoms with van der Waals surface area (Å²) in [7, 11) is 0. The van der Waals surface area contributed by atoms with E-state index >= 15 is 0 Å². The molecule has 60 valence electrons. The molecule has 0 atom stereocenters. The molecule has 0 spiro atoms. The van der Waals surface area contributed by atoms with E-state index in [0.717, 1.165) is 0 Å². The Morgan fingerprint density at radius 2 is 1.10 bits per heavy atom. The van der Waals surface area contributed by atoms with Crippen molar-refractivity contribution in [3.8, 4) is 0 Å². The van der Waals surface area contributed by atoms with Gasteiger partial charge in [0.2, 0.25) is 0 Å². The Hall–Kier alpha value is 0. The second-order valence-corrected chi connectivity index (χ2v) is 4.43. The SMILES string of the molecule is CC1(C)CCCCCCC1. The molecule has 0 N–H and O–H groups in total. The molecule has 1 rings (SSSR count). The van der Waals surface area contributed by atoms with E-state index in [2.05, 4.69) is 13.8 Å². The van der Waals surface area contributed by atoms with Crippen LogP contribution in [0.1, 0.15) is 58.8 Å². The lowest BCUT2D eigenvalue weighted by Crippen LogP contribution is -2.12. The first-order valence-corrected chi connectivity index (χ1v) is 4.71. The van der Waals surface area contributed by atoms with Crippen molar-refractivity contribution < 1.29 is 0 Å². The fourth-order valence-electron chi connectivity index (χ4n) is 1.86. The molecule has 0 radical (unpaired) electrons. The van der Waals surface area contributed by atoms with Gasteiger partial charge in [0.15, 0.2) is 0 Å². The Morgan fingerprint density at radius 1 is 0.700 bits per heavy atom. The lowest BCUT2D eigenvalue weighted by atomic mass is 9.80. The number of rotatable bonds is 0. The number of hydrogen-bond acceptors (Lipinski definition) is 0. The molecule has 0 aromatic carbocycles. The third-order valence-corrected chi connectivity index (χ3v) is 2.71. The monoisotopic (exact) mass is 140 g/mol. The first-order valence-electron chi connectivity index (χ1n) is 4.71. The van der Waals surface area contributed by atoms with Crippen LogP contribution in [-0.4, -0.2) is 0 Å². The minimum atomic E-state index is 0.653. The molecule has 0 aromatic rings. The van der Waals surface area contributed by atoms with E-state index < -0.39 is 0 Å². The van der Waals surface area contributed by atoms with E-state index in [9.17, 15) is 0 Å². The largest absolute Gasteiger partial charge is 0.0599 e. The van der Waals surface area contributed by atoms with E-state index in [1.807, 2.05) is 0 Å². The average Bonchev–Trinajstić information content (AvgIpc) is 1.81. The molecule has 1 aliphatic carbocycles. The van der Waals surface area contributed by atoms with Crippen LogP contribution in [0.2, 0.25) is 0 Å². The standard InChI is InChI=1S/C10H20/c1-10(2)8-6-4-3-5-7-9-10/h3-9H2,1-2H3. The van der Waals surface area contributed by atoms with Crippen LogP contribution in [0, 0.1) is 5.41 Å². The molecule has 1 fully saturated rings. The van der Waals surface area contributed by atoms with Crippen LogP contribution in [0.5, 0.6) is 0 Å². The Morgan fingerprint density at radius 3 is 1.60 bits per heavy atom. The lowest BCUT2D eigenvalue weighted by molar-refractivity contribution is 0.266. The average molecular weight is 140 g/mol.